The summed E-state index contributed by atoms with van der Waals surface area (Å²) < 4.78 is 0. The lowest BCUT2D eigenvalue weighted by Gasteiger charge is -2.22. The highest BCUT2D eigenvalue weighted by molar-refractivity contribution is 5.92. The summed E-state index contributed by atoms with van der Waals surface area (Å²) in [6, 6.07) is 18.5. The van der Waals surface area contributed by atoms with Crippen LogP contribution in [0.2, 0.25) is 0 Å². The Morgan fingerprint density at radius 1 is 1.00 bits per heavy atom. The molecular weight excluding hydrogens is 334 g/mol. The molecule has 5 heteroatoms. The van der Waals surface area contributed by atoms with Gasteiger partial charge in [0.1, 0.15) is 0 Å². The first-order valence-electron chi connectivity index (χ1n) is 8.65. The van der Waals surface area contributed by atoms with Gasteiger partial charge in [-0.05, 0) is 62.7 Å². The first-order valence-corrected chi connectivity index (χ1v) is 8.65. The molecule has 1 aliphatic rings. The average molecular weight is 360 g/mol. The number of rotatable bonds is 5. The Labute approximate surface area is 155 Å². The van der Waals surface area contributed by atoms with E-state index >= 15 is 0 Å². The molecule has 25 heavy (non-hydrogen) atoms. The zero-order valence-electron chi connectivity index (χ0n) is 14.5. The summed E-state index contributed by atoms with van der Waals surface area (Å²) in [5.74, 6) is 0.261. The van der Waals surface area contributed by atoms with Crippen LogP contribution in [-0.2, 0) is 4.79 Å². The van der Waals surface area contributed by atoms with Crippen molar-refractivity contribution in [3.63, 3.8) is 0 Å². The monoisotopic (exact) mass is 359 g/mol. The predicted octanol–water partition coefficient (Wildman–Crippen LogP) is 4.22. The number of piperidine rings is 1. The van der Waals surface area contributed by atoms with Crippen molar-refractivity contribution in [2.45, 2.75) is 25.8 Å². The highest BCUT2D eigenvalue weighted by atomic mass is 35.5. The van der Waals surface area contributed by atoms with Crippen molar-refractivity contribution < 1.29 is 4.79 Å². The summed E-state index contributed by atoms with van der Waals surface area (Å²) in [4.78, 5) is 12.3. The molecule has 134 valence electrons. The molecule has 0 spiro atoms. The van der Waals surface area contributed by atoms with Crippen LogP contribution < -0.4 is 16.0 Å². The molecule has 1 atom stereocenters. The topological polar surface area (TPSA) is 53.2 Å². The van der Waals surface area contributed by atoms with Gasteiger partial charge >= 0.3 is 0 Å². The van der Waals surface area contributed by atoms with E-state index in [0.717, 1.165) is 37.3 Å². The van der Waals surface area contributed by atoms with Crippen LogP contribution in [0.25, 0.3) is 0 Å². The Bertz CT molecular complexity index is 654. The molecule has 1 fully saturated rings. The second-order valence-corrected chi connectivity index (χ2v) is 6.37. The molecule has 2 aromatic carbocycles. The van der Waals surface area contributed by atoms with Gasteiger partial charge in [-0.15, -0.1) is 12.4 Å². The second-order valence-electron chi connectivity index (χ2n) is 6.37. The summed E-state index contributed by atoms with van der Waals surface area (Å²) in [6.45, 7) is 4.00. The minimum Gasteiger partial charge on any atom is -0.379 e. The largest absolute Gasteiger partial charge is 0.379 e. The third kappa shape index (κ3) is 5.48. The summed E-state index contributed by atoms with van der Waals surface area (Å²) in [5.41, 5.74) is 3.16. The van der Waals surface area contributed by atoms with Crippen LogP contribution >= 0.6 is 12.4 Å². The van der Waals surface area contributed by atoms with E-state index in [1.54, 1.807) is 0 Å². The molecule has 1 amide bonds. The van der Waals surface area contributed by atoms with Crippen LogP contribution in [0.3, 0.4) is 0 Å². The van der Waals surface area contributed by atoms with E-state index in [-0.39, 0.29) is 30.3 Å². The maximum absolute atomic E-state index is 12.3. The number of amides is 1. The van der Waals surface area contributed by atoms with Crippen molar-refractivity contribution in [2.24, 2.45) is 5.92 Å². The maximum Gasteiger partial charge on any atom is 0.227 e. The summed E-state index contributed by atoms with van der Waals surface area (Å²) in [6.07, 6.45) is 1.83. The van der Waals surface area contributed by atoms with E-state index in [1.165, 1.54) is 5.56 Å². The summed E-state index contributed by atoms with van der Waals surface area (Å²) >= 11 is 0. The van der Waals surface area contributed by atoms with Crippen LogP contribution in [0.4, 0.5) is 11.4 Å². The Kier molecular flexibility index (Phi) is 7.29. The first kappa shape index (κ1) is 19.3. The number of hydrogen-bond donors (Lipinski definition) is 3. The number of anilines is 2. The Hall–Kier alpha value is -2.04. The second kappa shape index (κ2) is 9.44. The molecule has 1 unspecified atom stereocenters. The molecule has 1 saturated heterocycles. The van der Waals surface area contributed by atoms with Crippen LogP contribution in [0.5, 0.6) is 0 Å². The van der Waals surface area contributed by atoms with Crippen molar-refractivity contribution in [1.82, 2.24) is 5.32 Å². The van der Waals surface area contributed by atoms with Gasteiger partial charge in [-0.25, -0.2) is 0 Å². The number of hydrogen-bond acceptors (Lipinski definition) is 3. The zero-order valence-corrected chi connectivity index (χ0v) is 15.3. The standard InChI is InChI=1S/C20H25N3O.ClH/c1-15(16-5-3-2-4-6-16)22-18-7-9-19(10-8-18)23-20(24)17-11-13-21-14-12-17;/h2-10,15,17,21-22H,11-14H2,1H3,(H,23,24);1H. The van der Waals surface area contributed by atoms with E-state index in [1.807, 2.05) is 42.5 Å². The summed E-state index contributed by atoms with van der Waals surface area (Å²) in [7, 11) is 0. The van der Waals surface area contributed by atoms with Crippen molar-refractivity contribution in [3.05, 3.63) is 60.2 Å². The molecule has 0 bridgehead atoms. The molecule has 0 aromatic heterocycles. The first-order chi connectivity index (χ1) is 11.7. The number of nitrogens with one attached hydrogen (secondary N) is 3. The van der Waals surface area contributed by atoms with Crippen molar-refractivity contribution in [3.8, 4) is 0 Å². The fourth-order valence-electron chi connectivity index (χ4n) is 3.05. The number of benzene rings is 2. The molecule has 0 saturated carbocycles. The van der Waals surface area contributed by atoms with E-state index in [0.29, 0.717) is 0 Å². The van der Waals surface area contributed by atoms with Gasteiger partial charge in [0.25, 0.3) is 0 Å². The highest BCUT2D eigenvalue weighted by Crippen LogP contribution is 2.21. The van der Waals surface area contributed by atoms with Gasteiger partial charge in [-0.3, -0.25) is 4.79 Å². The third-order valence-electron chi connectivity index (χ3n) is 4.55. The van der Waals surface area contributed by atoms with Crippen LogP contribution in [0, 0.1) is 5.92 Å². The zero-order chi connectivity index (χ0) is 16.8. The molecule has 0 aliphatic carbocycles. The normalized spacial score (nSPS) is 15.7. The Morgan fingerprint density at radius 2 is 1.60 bits per heavy atom. The van der Waals surface area contributed by atoms with Gasteiger partial charge in [0, 0.05) is 23.3 Å². The molecule has 4 nitrogen and oxygen atoms in total. The van der Waals surface area contributed by atoms with Crippen molar-refractivity contribution in [1.29, 1.82) is 0 Å². The van der Waals surface area contributed by atoms with Gasteiger partial charge in [0.2, 0.25) is 5.91 Å². The lowest BCUT2D eigenvalue weighted by Crippen LogP contribution is -2.34. The average Bonchev–Trinajstić information content (AvgIpc) is 2.65. The molecule has 3 rings (SSSR count). The Balaban J connectivity index is 0.00000225. The lowest BCUT2D eigenvalue weighted by molar-refractivity contribution is -0.120. The lowest BCUT2D eigenvalue weighted by atomic mass is 9.97. The van der Waals surface area contributed by atoms with E-state index in [9.17, 15) is 4.79 Å². The van der Waals surface area contributed by atoms with Gasteiger partial charge in [0.05, 0.1) is 0 Å². The third-order valence-corrected chi connectivity index (χ3v) is 4.55. The molecule has 2 aromatic rings. The minimum atomic E-state index is 0. The van der Waals surface area contributed by atoms with E-state index < -0.39 is 0 Å². The SMILES string of the molecule is CC(Nc1ccc(NC(=O)C2CCNCC2)cc1)c1ccccc1.Cl. The smallest absolute Gasteiger partial charge is 0.227 e. The fraction of sp³-hybridized carbons (Fsp3) is 0.350. The van der Waals surface area contributed by atoms with Crippen LogP contribution in [-0.4, -0.2) is 19.0 Å². The van der Waals surface area contributed by atoms with Crippen molar-refractivity contribution >= 4 is 29.7 Å². The molecule has 0 radical (unpaired) electrons. The maximum atomic E-state index is 12.3. The van der Waals surface area contributed by atoms with Crippen molar-refractivity contribution in [2.75, 3.05) is 23.7 Å². The van der Waals surface area contributed by atoms with E-state index in [4.69, 9.17) is 0 Å². The van der Waals surface area contributed by atoms with Crippen LogP contribution in [0.1, 0.15) is 31.4 Å². The van der Waals surface area contributed by atoms with Gasteiger partial charge < -0.3 is 16.0 Å². The summed E-state index contributed by atoms with van der Waals surface area (Å²) in [5, 5.41) is 9.79. The molecule has 3 N–H and O–H groups in total. The fourth-order valence-corrected chi connectivity index (χ4v) is 3.05. The Morgan fingerprint density at radius 3 is 2.24 bits per heavy atom. The van der Waals surface area contributed by atoms with Gasteiger partial charge in [0.15, 0.2) is 0 Å². The molecular formula is C20H26ClN3O. The quantitative estimate of drug-likeness (QED) is 0.749. The highest BCUT2D eigenvalue weighted by Gasteiger charge is 2.20. The van der Waals surface area contributed by atoms with Gasteiger partial charge in [-0.2, -0.15) is 0 Å². The molecule has 1 heterocycles. The molecule has 1 aliphatic heterocycles. The number of carbonyl (C=O) groups is 1. The predicted molar refractivity (Wildman–Crippen MR) is 106 cm³/mol. The number of halogens is 1. The van der Waals surface area contributed by atoms with Crippen LogP contribution in [0.15, 0.2) is 54.6 Å². The number of carbonyl (C=O) groups excluding carboxylic acids is 1. The van der Waals surface area contributed by atoms with Gasteiger partial charge in [-0.1, -0.05) is 30.3 Å². The van der Waals surface area contributed by atoms with E-state index in [2.05, 4.69) is 35.0 Å². The minimum absolute atomic E-state index is 0.